The first-order valence-corrected chi connectivity index (χ1v) is 5.38. The van der Waals surface area contributed by atoms with E-state index in [0.717, 1.165) is 5.56 Å². The van der Waals surface area contributed by atoms with E-state index in [4.69, 9.17) is 0 Å². The monoisotopic (exact) mass is 227 g/mol. The molecular formula is C13H13N3O. The lowest BCUT2D eigenvalue weighted by atomic mass is 10.1. The molecule has 0 aliphatic heterocycles. The van der Waals surface area contributed by atoms with Crippen LogP contribution >= 0.6 is 0 Å². The summed E-state index contributed by atoms with van der Waals surface area (Å²) in [6.45, 7) is 1.93. The van der Waals surface area contributed by atoms with Crippen molar-refractivity contribution >= 4 is 5.91 Å². The van der Waals surface area contributed by atoms with Crippen molar-refractivity contribution in [1.82, 2.24) is 15.3 Å². The van der Waals surface area contributed by atoms with Crippen LogP contribution in [0.25, 0.3) is 0 Å². The second-order valence-electron chi connectivity index (χ2n) is 3.72. The van der Waals surface area contributed by atoms with Gasteiger partial charge in [0.2, 0.25) is 0 Å². The molecule has 0 radical (unpaired) electrons. The highest BCUT2D eigenvalue weighted by molar-refractivity contribution is 5.94. The van der Waals surface area contributed by atoms with Crippen LogP contribution < -0.4 is 5.32 Å². The van der Waals surface area contributed by atoms with Crippen LogP contribution in [0.4, 0.5) is 0 Å². The second kappa shape index (κ2) is 5.21. The molecule has 0 aliphatic carbocycles. The van der Waals surface area contributed by atoms with Gasteiger partial charge < -0.3 is 5.32 Å². The molecule has 2 heterocycles. The van der Waals surface area contributed by atoms with Crippen molar-refractivity contribution in [2.75, 3.05) is 0 Å². The van der Waals surface area contributed by atoms with Crippen LogP contribution in [0.15, 0.2) is 49.1 Å². The van der Waals surface area contributed by atoms with Gasteiger partial charge in [-0.25, -0.2) is 0 Å². The molecule has 0 bridgehead atoms. The van der Waals surface area contributed by atoms with Crippen molar-refractivity contribution in [3.8, 4) is 0 Å². The van der Waals surface area contributed by atoms with Crippen LogP contribution in [0, 0.1) is 0 Å². The van der Waals surface area contributed by atoms with E-state index in [1.807, 2.05) is 19.1 Å². The standard InChI is InChI=1S/C13H13N3O/c1-10(12-3-2-6-15-9-12)16-13(17)11-4-7-14-8-5-11/h2-10H,1H3,(H,16,17). The van der Waals surface area contributed by atoms with Gasteiger partial charge >= 0.3 is 0 Å². The molecule has 0 saturated heterocycles. The van der Waals surface area contributed by atoms with E-state index in [1.54, 1.807) is 36.9 Å². The van der Waals surface area contributed by atoms with Crippen molar-refractivity contribution in [2.24, 2.45) is 0 Å². The van der Waals surface area contributed by atoms with E-state index >= 15 is 0 Å². The lowest BCUT2D eigenvalue weighted by Crippen LogP contribution is -2.26. The van der Waals surface area contributed by atoms with Gasteiger partial charge in [0.15, 0.2) is 0 Å². The van der Waals surface area contributed by atoms with Gasteiger partial charge in [-0.1, -0.05) is 6.07 Å². The van der Waals surface area contributed by atoms with Crippen molar-refractivity contribution < 1.29 is 4.79 Å². The smallest absolute Gasteiger partial charge is 0.251 e. The molecule has 86 valence electrons. The van der Waals surface area contributed by atoms with Crippen LogP contribution in [-0.4, -0.2) is 15.9 Å². The molecule has 1 amide bonds. The topological polar surface area (TPSA) is 54.9 Å². The number of carbonyl (C=O) groups excluding carboxylic acids is 1. The Morgan fingerprint density at radius 3 is 2.59 bits per heavy atom. The molecule has 0 saturated carbocycles. The predicted molar refractivity (Wildman–Crippen MR) is 64.4 cm³/mol. The highest BCUT2D eigenvalue weighted by atomic mass is 16.1. The zero-order chi connectivity index (χ0) is 12.1. The molecule has 0 aromatic carbocycles. The lowest BCUT2D eigenvalue weighted by Gasteiger charge is -2.13. The quantitative estimate of drug-likeness (QED) is 0.872. The van der Waals surface area contributed by atoms with Gasteiger partial charge in [0.25, 0.3) is 5.91 Å². The summed E-state index contributed by atoms with van der Waals surface area (Å²) in [6.07, 6.45) is 6.66. The number of nitrogens with one attached hydrogen (secondary N) is 1. The molecule has 17 heavy (non-hydrogen) atoms. The summed E-state index contributed by atoms with van der Waals surface area (Å²) in [4.78, 5) is 19.8. The Balaban J connectivity index is 2.05. The molecule has 4 nitrogen and oxygen atoms in total. The summed E-state index contributed by atoms with van der Waals surface area (Å²) in [5.41, 5.74) is 1.59. The SMILES string of the molecule is CC(NC(=O)c1ccncc1)c1cccnc1. The Bertz CT molecular complexity index is 485. The first kappa shape index (κ1) is 11.3. The zero-order valence-electron chi connectivity index (χ0n) is 9.50. The molecule has 2 aromatic heterocycles. The van der Waals surface area contributed by atoms with Gasteiger partial charge in [0.05, 0.1) is 6.04 Å². The minimum absolute atomic E-state index is 0.0654. The van der Waals surface area contributed by atoms with E-state index in [0.29, 0.717) is 5.56 Å². The van der Waals surface area contributed by atoms with Crippen LogP contribution in [0.3, 0.4) is 0 Å². The van der Waals surface area contributed by atoms with E-state index in [-0.39, 0.29) is 11.9 Å². The molecular weight excluding hydrogens is 214 g/mol. The Morgan fingerprint density at radius 1 is 1.18 bits per heavy atom. The van der Waals surface area contributed by atoms with E-state index in [1.165, 1.54) is 0 Å². The number of aromatic nitrogens is 2. The zero-order valence-corrected chi connectivity index (χ0v) is 9.50. The number of hydrogen-bond donors (Lipinski definition) is 1. The number of nitrogens with zero attached hydrogens (tertiary/aromatic N) is 2. The van der Waals surface area contributed by atoms with Crippen molar-refractivity contribution in [2.45, 2.75) is 13.0 Å². The highest BCUT2D eigenvalue weighted by Gasteiger charge is 2.10. The Morgan fingerprint density at radius 2 is 1.94 bits per heavy atom. The maximum Gasteiger partial charge on any atom is 0.251 e. The Hall–Kier alpha value is -2.23. The molecule has 1 atom stereocenters. The van der Waals surface area contributed by atoms with Crippen LogP contribution in [0.2, 0.25) is 0 Å². The molecule has 0 aliphatic rings. The number of rotatable bonds is 3. The molecule has 1 N–H and O–H groups in total. The summed E-state index contributed by atoms with van der Waals surface area (Å²) >= 11 is 0. The summed E-state index contributed by atoms with van der Waals surface area (Å²) in [7, 11) is 0. The first-order valence-electron chi connectivity index (χ1n) is 5.38. The predicted octanol–water partition coefficient (Wildman–Crippen LogP) is 1.97. The maximum atomic E-state index is 11.9. The van der Waals surface area contributed by atoms with Gasteiger partial charge in [-0.2, -0.15) is 0 Å². The minimum Gasteiger partial charge on any atom is -0.345 e. The maximum absolute atomic E-state index is 11.9. The number of hydrogen-bond acceptors (Lipinski definition) is 3. The summed E-state index contributed by atoms with van der Waals surface area (Å²) < 4.78 is 0. The third-order valence-electron chi connectivity index (χ3n) is 2.47. The molecule has 4 heteroatoms. The number of amides is 1. The van der Waals surface area contributed by atoms with Crippen LogP contribution in [0.5, 0.6) is 0 Å². The summed E-state index contributed by atoms with van der Waals surface area (Å²) in [5.74, 6) is -0.108. The van der Waals surface area contributed by atoms with Gasteiger partial charge in [-0.05, 0) is 30.7 Å². The molecule has 1 unspecified atom stereocenters. The minimum atomic E-state index is -0.108. The average Bonchev–Trinajstić information content (AvgIpc) is 2.40. The van der Waals surface area contributed by atoms with Crippen molar-refractivity contribution in [3.05, 3.63) is 60.2 Å². The lowest BCUT2D eigenvalue weighted by molar-refractivity contribution is 0.0939. The van der Waals surface area contributed by atoms with Crippen LogP contribution in [-0.2, 0) is 0 Å². The molecule has 2 rings (SSSR count). The van der Waals surface area contributed by atoms with Crippen molar-refractivity contribution in [3.63, 3.8) is 0 Å². The van der Waals surface area contributed by atoms with Crippen LogP contribution in [0.1, 0.15) is 28.9 Å². The fraction of sp³-hybridized carbons (Fsp3) is 0.154. The number of pyridine rings is 2. The molecule has 0 fully saturated rings. The normalized spacial score (nSPS) is 11.8. The van der Waals surface area contributed by atoms with E-state index in [9.17, 15) is 4.79 Å². The summed E-state index contributed by atoms with van der Waals surface area (Å²) in [6, 6.07) is 7.09. The highest BCUT2D eigenvalue weighted by Crippen LogP contribution is 2.10. The van der Waals surface area contributed by atoms with Gasteiger partial charge in [-0.15, -0.1) is 0 Å². The Labute approximate surface area is 99.7 Å². The Kier molecular flexibility index (Phi) is 3.45. The first-order chi connectivity index (χ1) is 8.27. The third kappa shape index (κ3) is 2.87. The number of carbonyl (C=O) groups is 1. The second-order valence-corrected chi connectivity index (χ2v) is 3.72. The van der Waals surface area contributed by atoms with E-state index < -0.39 is 0 Å². The molecule has 0 spiro atoms. The fourth-order valence-corrected chi connectivity index (χ4v) is 1.50. The molecule has 2 aromatic rings. The van der Waals surface area contributed by atoms with E-state index in [2.05, 4.69) is 15.3 Å². The average molecular weight is 227 g/mol. The fourth-order valence-electron chi connectivity index (χ4n) is 1.50. The third-order valence-corrected chi connectivity index (χ3v) is 2.47. The van der Waals surface area contributed by atoms with Crippen molar-refractivity contribution in [1.29, 1.82) is 0 Å². The largest absolute Gasteiger partial charge is 0.345 e. The van der Waals surface area contributed by atoms with Gasteiger partial charge in [-0.3, -0.25) is 14.8 Å². The summed E-state index contributed by atoms with van der Waals surface area (Å²) in [5, 5.41) is 2.91. The van der Waals surface area contributed by atoms with Gasteiger partial charge in [0, 0.05) is 30.4 Å². The van der Waals surface area contributed by atoms with Gasteiger partial charge in [0.1, 0.15) is 0 Å².